The van der Waals surface area contributed by atoms with Crippen molar-refractivity contribution in [3.63, 3.8) is 0 Å². The Hall–Kier alpha value is -0.940. The summed E-state index contributed by atoms with van der Waals surface area (Å²) in [5, 5.41) is 9.03. The molecule has 1 fully saturated rings. The van der Waals surface area contributed by atoms with Crippen LogP contribution >= 0.6 is 0 Å². The van der Waals surface area contributed by atoms with Gasteiger partial charge < -0.3 is 15.7 Å². The summed E-state index contributed by atoms with van der Waals surface area (Å²) in [5.74, 6) is 0. The zero-order valence-corrected chi connectivity index (χ0v) is 13.2. The summed E-state index contributed by atoms with van der Waals surface area (Å²) in [7, 11) is 0. The molecule has 4 nitrogen and oxygen atoms in total. The van der Waals surface area contributed by atoms with Gasteiger partial charge in [-0.15, -0.1) is 0 Å². The van der Waals surface area contributed by atoms with Crippen molar-refractivity contribution in [2.75, 3.05) is 45.9 Å². The number of aryl methyl sites for hydroxylation is 1. The summed E-state index contributed by atoms with van der Waals surface area (Å²) in [5.41, 5.74) is 8.82. The van der Waals surface area contributed by atoms with E-state index in [1.807, 2.05) is 0 Å². The van der Waals surface area contributed by atoms with Gasteiger partial charge in [0.05, 0.1) is 6.61 Å². The van der Waals surface area contributed by atoms with Gasteiger partial charge in [0.25, 0.3) is 0 Å². The molecule has 0 aromatic heterocycles. The van der Waals surface area contributed by atoms with Gasteiger partial charge in [-0.05, 0) is 45.0 Å². The molecule has 1 saturated heterocycles. The van der Waals surface area contributed by atoms with Gasteiger partial charge in [0.15, 0.2) is 0 Å². The lowest BCUT2D eigenvalue weighted by molar-refractivity contribution is 0.196. The highest BCUT2D eigenvalue weighted by atomic mass is 16.3. The number of β-amino-alcohol motifs (C(OH)–C–C–N with tert-alkyl or cyclic N) is 1. The van der Waals surface area contributed by atoms with Gasteiger partial charge in [-0.2, -0.15) is 0 Å². The minimum Gasteiger partial charge on any atom is -0.395 e. The molecular formula is C17H29N3O. The van der Waals surface area contributed by atoms with Gasteiger partial charge in [0, 0.05) is 25.7 Å². The van der Waals surface area contributed by atoms with Crippen molar-refractivity contribution in [2.45, 2.75) is 25.8 Å². The predicted molar refractivity (Wildman–Crippen MR) is 87.3 cm³/mol. The second kappa shape index (κ2) is 8.49. The third kappa shape index (κ3) is 5.40. The van der Waals surface area contributed by atoms with Crippen molar-refractivity contribution in [3.05, 3.63) is 35.4 Å². The first-order valence-corrected chi connectivity index (χ1v) is 8.07. The maximum atomic E-state index is 9.03. The zero-order valence-electron chi connectivity index (χ0n) is 13.2. The van der Waals surface area contributed by atoms with Crippen LogP contribution < -0.4 is 5.73 Å². The minimum absolute atomic E-state index is 0.127. The van der Waals surface area contributed by atoms with Crippen LogP contribution in [0.1, 0.15) is 30.0 Å². The highest BCUT2D eigenvalue weighted by Crippen LogP contribution is 2.16. The topological polar surface area (TPSA) is 52.7 Å². The van der Waals surface area contributed by atoms with Gasteiger partial charge in [-0.25, -0.2) is 0 Å². The molecule has 0 radical (unpaired) electrons. The van der Waals surface area contributed by atoms with E-state index in [9.17, 15) is 0 Å². The molecule has 0 amide bonds. The van der Waals surface area contributed by atoms with Crippen LogP contribution in [0.3, 0.4) is 0 Å². The Kier molecular flexibility index (Phi) is 6.64. The maximum absolute atomic E-state index is 9.03. The zero-order chi connectivity index (χ0) is 15.1. The SMILES string of the molecule is Cc1ccc(C(N)CCN2CCCN(CCO)CC2)cc1. The predicted octanol–water partition coefficient (Wildman–Crippen LogP) is 1.38. The van der Waals surface area contributed by atoms with E-state index in [1.165, 1.54) is 17.5 Å². The lowest BCUT2D eigenvalue weighted by atomic mass is 10.0. The van der Waals surface area contributed by atoms with Crippen molar-refractivity contribution in [1.82, 2.24) is 9.80 Å². The molecule has 3 N–H and O–H groups in total. The summed E-state index contributed by atoms with van der Waals surface area (Å²) in [4.78, 5) is 4.85. The number of aliphatic hydroxyl groups excluding tert-OH is 1. The fraction of sp³-hybridized carbons (Fsp3) is 0.647. The van der Waals surface area contributed by atoms with E-state index in [0.717, 1.165) is 45.7 Å². The molecule has 1 unspecified atom stereocenters. The molecule has 1 atom stereocenters. The average molecular weight is 291 g/mol. The number of rotatable bonds is 6. The Balaban J connectivity index is 1.76. The first-order valence-electron chi connectivity index (χ1n) is 8.07. The van der Waals surface area contributed by atoms with E-state index >= 15 is 0 Å². The van der Waals surface area contributed by atoms with Crippen LogP contribution in [0.2, 0.25) is 0 Å². The number of aliphatic hydroxyl groups is 1. The quantitative estimate of drug-likeness (QED) is 0.831. The van der Waals surface area contributed by atoms with E-state index in [-0.39, 0.29) is 12.6 Å². The van der Waals surface area contributed by atoms with Crippen LogP contribution in [0.15, 0.2) is 24.3 Å². The largest absolute Gasteiger partial charge is 0.395 e. The van der Waals surface area contributed by atoms with E-state index in [0.29, 0.717) is 0 Å². The standard InChI is InChI=1S/C17H29N3O/c1-15-3-5-16(6-4-15)17(18)7-10-19-8-2-9-20(12-11-19)13-14-21/h3-6,17,21H,2,7-14,18H2,1H3. The van der Waals surface area contributed by atoms with E-state index < -0.39 is 0 Å². The lowest BCUT2D eigenvalue weighted by Crippen LogP contribution is -2.33. The van der Waals surface area contributed by atoms with Gasteiger partial charge in [0.2, 0.25) is 0 Å². The van der Waals surface area contributed by atoms with Crippen molar-refractivity contribution in [1.29, 1.82) is 0 Å². The fourth-order valence-corrected chi connectivity index (χ4v) is 2.91. The molecular weight excluding hydrogens is 262 g/mol. The molecule has 1 aliphatic rings. The van der Waals surface area contributed by atoms with Crippen LogP contribution in [0.25, 0.3) is 0 Å². The molecule has 0 bridgehead atoms. The van der Waals surface area contributed by atoms with Crippen LogP contribution in [-0.4, -0.2) is 60.8 Å². The molecule has 1 aromatic rings. The number of nitrogens with zero attached hydrogens (tertiary/aromatic N) is 2. The molecule has 1 heterocycles. The van der Waals surface area contributed by atoms with Crippen molar-refractivity contribution in [3.8, 4) is 0 Å². The highest BCUT2D eigenvalue weighted by Gasteiger charge is 2.15. The Morgan fingerprint density at radius 3 is 2.29 bits per heavy atom. The molecule has 4 heteroatoms. The third-order valence-corrected chi connectivity index (χ3v) is 4.36. The Morgan fingerprint density at radius 2 is 1.67 bits per heavy atom. The Labute approximate surface area is 128 Å². The summed E-state index contributed by atoms with van der Waals surface area (Å²) in [6.07, 6.45) is 2.18. The molecule has 1 aromatic carbocycles. The second-order valence-corrected chi connectivity index (χ2v) is 6.07. The molecule has 21 heavy (non-hydrogen) atoms. The number of hydrogen-bond acceptors (Lipinski definition) is 4. The van der Waals surface area contributed by atoms with Crippen LogP contribution in [0.5, 0.6) is 0 Å². The van der Waals surface area contributed by atoms with E-state index in [4.69, 9.17) is 10.8 Å². The summed E-state index contributed by atoms with van der Waals surface area (Å²) in [6.45, 7) is 8.60. The average Bonchev–Trinajstić information content (AvgIpc) is 2.71. The number of benzene rings is 1. The summed E-state index contributed by atoms with van der Waals surface area (Å²) in [6, 6.07) is 8.68. The molecule has 0 aliphatic carbocycles. The fourth-order valence-electron chi connectivity index (χ4n) is 2.91. The second-order valence-electron chi connectivity index (χ2n) is 6.07. The minimum atomic E-state index is 0.127. The van der Waals surface area contributed by atoms with Gasteiger partial charge in [-0.1, -0.05) is 29.8 Å². The maximum Gasteiger partial charge on any atom is 0.0558 e. The smallest absolute Gasteiger partial charge is 0.0558 e. The van der Waals surface area contributed by atoms with Gasteiger partial charge in [-0.3, -0.25) is 4.90 Å². The number of nitrogens with two attached hydrogens (primary N) is 1. The third-order valence-electron chi connectivity index (χ3n) is 4.36. The van der Waals surface area contributed by atoms with E-state index in [2.05, 4.69) is 41.0 Å². The monoisotopic (exact) mass is 291 g/mol. The normalized spacial score (nSPS) is 19.4. The van der Waals surface area contributed by atoms with Crippen LogP contribution in [-0.2, 0) is 0 Å². The highest BCUT2D eigenvalue weighted by molar-refractivity contribution is 5.23. The van der Waals surface area contributed by atoms with Gasteiger partial charge in [0.1, 0.15) is 0 Å². The lowest BCUT2D eigenvalue weighted by Gasteiger charge is -2.23. The molecule has 1 aliphatic heterocycles. The molecule has 118 valence electrons. The molecule has 2 rings (SSSR count). The summed E-state index contributed by atoms with van der Waals surface area (Å²) < 4.78 is 0. The van der Waals surface area contributed by atoms with Gasteiger partial charge >= 0.3 is 0 Å². The molecule has 0 saturated carbocycles. The van der Waals surface area contributed by atoms with E-state index in [1.54, 1.807) is 0 Å². The Morgan fingerprint density at radius 1 is 1.05 bits per heavy atom. The van der Waals surface area contributed by atoms with Crippen LogP contribution in [0.4, 0.5) is 0 Å². The van der Waals surface area contributed by atoms with Crippen molar-refractivity contribution < 1.29 is 5.11 Å². The molecule has 0 spiro atoms. The summed E-state index contributed by atoms with van der Waals surface area (Å²) >= 11 is 0. The first-order chi connectivity index (χ1) is 10.2. The first kappa shape index (κ1) is 16.4. The van der Waals surface area contributed by atoms with Crippen molar-refractivity contribution >= 4 is 0 Å². The van der Waals surface area contributed by atoms with Crippen molar-refractivity contribution in [2.24, 2.45) is 5.73 Å². The van der Waals surface area contributed by atoms with Crippen LogP contribution in [0, 0.1) is 6.92 Å². The Bertz CT molecular complexity index is 407. The number of hydrogen-bond donors (Lipinski definition) is 2.